The quantitative estimate of drug-likeness (QED) is 0.822. The summed E-state index contributed by atoms with van der Waals surface area (Å²) in [6.07, 6.45) is 0. The lowest BCUT2D eigenvalue weighted by molar-refractivity contribution is 0.185. The highest BCUT2D eigenvalue weighted by atomic mass is 16.5. The zero-order valence-electron chi connectivity index (χ0n) is 12.4. The fraction of sp³-hybridized carbons (Fsp3) is 0.294. The topological polar surface area (TPSA) is 50.7 Å². The maximum atomic E-state index is 9.65. The number of ether oxygens (including phenoxy) is 2. The standard InChI is InChI=1S/C17H21NO3/c1-20-12-13-7-9-14(10-8-13)16(11-19)18-15-5-3-4-6-17(15)21-2/h3-10,16,18-19H,11-12H2,1-2H3. The number of aliphatic hydroxyl groups is 1. The zero-order valence-corrected chi connectivity index (χ0v) is 12.4. The largest absolute Gasteiger partial charge is 0.495 e. The molecule has 21 heavy (non-hydrogen) atoms. The number of aliphatic hydroxyl groups excluding tert-OH is 1. The Kier molecular flexibility index (Phi) is 5.60. The molecule has 2 aromatic carbocycles. The van der Waals surface area contributed by atoms with Crippen LogP contribution in [0.4, 0.5) is 5.69 Å². The van der Waals surface area contributed by atoms with Crippen molar-refractivity contribution >= 4 is 5.69 Å². The van der Waals surface area contributed by atoms with Crippen molar-refractivity contribution in [3.05, 3.63) is 59.7 Å². The van der Waals surface area contributed by atoms with Crippen molar-refractivity contribution in [3.63, 3.8) is 0 Å². The summed E-state index contributed by atoms with van der Waals surface area (Å²) in [4.78, 5) is 0. The highest BCUT2D eigenvalue weighted by Crippen LogP contribution is 2.27. The van der Waals surface area contributed by atoms with Gasteiger partial charge in [-0.1, -0.05) is 36.4 Å². The lowest BCUT2D eigenvalue weighted by atomic mass is 10.0. The molecule has 0 saturated heterocycles. The summed E-state index contributed by atoms with van der Waals surface area (Å²) < 4.78 is 10.4. The van der Waals surface area contributed by atoms with E-state index in [2.05, 4.69) is 5.32 Å². The minimum absolute atomic E-state index is 0.00166. The van der Waals surface area contributed by atoms with Gasteiger partial charge in [-0.15, -0.1) is 0 Å². The maximum Gasteiger partial charge on any atom is 0.141 e. The second-order valence-electron chi connectivity index (χ2n) is 4.75. The number of hydrogen-bond acceptors (Lipinski definition) is 4. The number of anilines is 1. The molecule has 0 spiro atoms. The summed E-state index contributed by atoms with van der Waals surface area (Å²) in [6.45, 7) is 0.589. The van der Waals surface area contributed by atoms with Crippen LogP contribution < -0.4 is 10.1 Å². The summed E-state index contributed by atoms with van der Waals surface area (Å²) in [6, 6.07) is 15.5. The fourth-order valence-electron chi connectivity index (χ4n) is 2.20. The van der Waals surface area contributed by atoms with E-state index in [0.717, 1.165) is 22.6 Å². The van der Waals surface area contributed by atoms with E-state index in [1.54, 1.807) is 14.2 Å². The lowest BCUT2D eigenvalue weighted by Crippen LogP contribution is -2.15. The molecule has 0 amide bonds. The van der Waals surface area contributed by atoms with Crippen LogP contribution in [0.2, 0.25) is 0 Å². The Balaban J connectivity index is 2.15. The van der Waals surface area contributed by atoms with Gasteiger partial charge < -0.3 is 19.9 Å². The average molecular weight is 287 g/mol. The average Bonchev–Trinajstić information content (AvgIpc) is 2.54. The number of benzene rings is 2. The Labute approximate surface area is 125 Å². The third kappa shape index (κ3) is 3.97. The van der Waals surface area contributed by atoms with Gasteiger partial charge in [-0.3, -0.25) is 0 Å². The Morgan fingerprint density at radius 1 is 1.05 bits per heavy atom. The number of methoxy groups -OCH3 is 2. The molecule has 2 N–H and O–H groups in total. The van der Waals surface area contributed by atoms with E-state index < -0.39 is 0 Å². The van der Waals surface area contributed by atoms with Gasteiger partial charge in [-0.2, -0.15) is 0 Å². The molecule has 0 aromatic heterocycles. The maximum absolute atomic E-state index is 9.65. The highest BCUT2D eigenvalue weighted by molar-refractivity contribution is 5.57. The molecule has 0 aliphatic heterocycles. The van der Waals surface area contributed by atoms with Crippen molar-refractivity contribution in [2.75, 3.05) is 26.1 Å². The molecule has 0 aliphatic carbocycles. The number of nitrogens with one attached hydrogen (secondary N) is 1. The van der Waals surface area contributed by atoms with Gasteiger partial charge in [0.15, 0.2) is 0 Å². The van der Waals surface area contributed by atoms with E-state index in [0.29, 0.717) is 6.61 Å². The van der Waals surface area contributed by atoms with Crippen LogP contribution in [-0.2, 0) is 11.3 Å². The molecular formula is C17H21NO3. The molecular weight excluding hydrogens is 266 g/mol. The van der Waals surface area contributed by atoms with Crippen LogP contribution in [0.1, 0.15) is 17.2 Å². The normalized spacial score (nSPS) is 12.0. The van der Waals surface area contributed by atoms with Crippen LogP contribution in [-0.4, -0.2) is 25.9 Å². The van der Waals surface area contributed by atoms with Gasteiger partial charge in [0, 0.05) is 7.11 Å². The minimum Gasteiger partial charge on any atom is -0.495 e. The van der Waals surface area contributed by atoms with Crippen molar-refractivity contribution in [1.29, 1.82) is 0 Å². The molecule has 2 rings (SSSR count). The number of para-hydroxylation sites is 2. The monoisotopic (exact) mass is 287 g/mol. The van der Waals surface area contributed by atoms with Crippen LogP contribution in [0.25, 0.3) is 0 Å². The summed E-state index contributed by atoms with van der Waals surface area (Å²) in [5.41, 5.74) is 2.98. The van der Waals surface area contributed by atoms with Gasteiger partial charge in [-0.05, 0) is 23.3 Å². The molecule has 2 aromatic rings. The van der Waals surface area contributed by atoms with Gasteiger partial charge in [0.1, 0.15) is 5.75 Å². The molecule has 0 bridgehead atoms. The van der Waals surface area contributed by atoms with Crippen LogP contribution in [0.5, 0.6) is 5.75 Å². The van der Waals surface area contributed by atoms with Crippen LogP contribution in [0, 0.1) is 0 Å². The predicted octanol–water partition coefficient (Wildman–Crippen LogP) is 2.99. The van der Waals surface area contributed by atoms with E-state index >= 15 is 0 Å². The third-order valence-electron chi connectivity index (χ3n) is 3.31. The summed E-state index contributed by atoms with van der Waals surface area (Å²) in [5.74, 6) is 0.756. The Hall–Kier alpha value is -2.04. The van der Waals surface area contributed by atoms with Gasteiger partial charge in [-0.25, -0.2) is 0 Å². The van der Waals surface area contributed by atoms with Crippen molar-refractivity contribution in [3.8, 4) is 5.75 Å². The Morgan fingerprint density at radius 3 is 2.38 bits per heavy atom. The second kappa shape index (κ2) is 7.67. The van der Waals surface area contributed by atoms with Gasteiger partial charge >= 0.3 is 0 Å². The van der Waals surface area contributed by atoms with E-state index in [-0.39, 0.29) is 12.6 Å². The molecule has 0 saturated carbocycles. The highest BCUT2D eigenvalue weighted by Gasteiger charge is 2.12. The second-order valence-corrected chi connectivity index (χ2v) is 4.75. The van der Waals surface area contributed by atoms with Crippen LogP contribution in [0.3, 0.4) is 0 Å². The van der Waals surface area contributed by atoms with E-state index in [9.17, 15) is 5.11 Å². The molecule has 0 fully saturated rings. The van der Waals surface area contributed by atoms with Gasteiger partial charge in [0.05, 0.1) is 32.1 Å². The SMILES string of the molecule is COCc1ccc(C(CO)Nc2ccccc2OC)cc1. The first-order valence-electron chi connectivity index (χ1n) is 6.86. The number of hydrogen-bond donors (Lipinski definition) is 2. The summed E-state index contributed by atoms with van der Waals surface area (Å²) in [5, 5.41) is 13.0. The molecule has 112 valence electrons. The first-order chi connectivity index (χ1) is 10.3. The molecule has 0 radical (unpaired) electrons. The predicted molar refractivity (Wildman–Crippen MR) is 83.6 cm³/mol. The molecule has 0 heterocycles. The lowest BCUT2D eigenvalue weighted by Gasteiger charge is -2.20. The molecule has 4 heteroatoms. The minimum atomic E-state index is -0.183. The van der Waals surface area contributed by atoms with E-state index in [1.807, 2.05) is 48.5 Å². The van der Waals surface area contributed by atoms with Crippen molar-refractivity contribution in [2.24, 2.45) is 0 Å². The molecule has 0 aliphatic rings. The molecule has 1 atom stereocenters. The molecule has 4 nitrogen and oxygen atoms in total. The Bertz CT molecular complexity index is 554. The molecule has 1 unspecified atom stereocenters. The van der Waals surface area contributed by atoms with Gasteiger partial charge in [0.25, 0.3) is 0 Å². The fourth-order valence-corrected chi connectivity index (χ4v) is 2.20. The third-order valence-corrected chi connectivity index (χ3v) is 3.31. The first-order valence-corrected chi connectivity index (χ1v) is 6.86. The summed E-state index contributed by atoms with van der Waals surface area (Å²) in [7, 11) is 3.31. The Morgan fingerprint density at radius 2 is 1.76 bits per heavy atom. The van der Waals surface area contributed by atoms with Crippen molar-refractivity contribution < 1.29 is 14.6 Å². The van der Waals surface area contributed by atoms with Gasteiger partial charge in [0.2, 0.25) is 0 Å². The van der Waals surface area contributed by atoms with E-state index in [1.165, 1.54) is 0 Å². The number of rotatable bonds is 7. The van der Waals surface area contributed by atoms with Crippen LogP contribution >= 0.6 is 0 Å². The van der Waals surface area contributed by atoms with Crippen molar-refractivity contribution in [1.82, 2.24) is 0 Å². The smallest absolute Gasteiger partial charge is 0.141 e. The zero-order chi connectivity index (χ0) is 15.1. The van der Waals surface area contributed by atoms with E-state index in [4.69, 9.17) is 9.47 Å². The van der Waals surface area contributed by atoms with Crippen LogP contribution in [0.15, 0.2) is 48.5 Å². The van der Waals surface area contributed by atoms with Crippen molar-refractivity contribution in [2.45, 2.75) is 12.6 Å². The summed E-state index contributed by atoms with van der Waals surface area (Å²) >= 11 is 0. The first kappa shape index (κ1) is 15.4.